The van der Waals surface area contributed by atoms with Crippen LogP contribution >= 0.6 is 11.8 Å². The second-order valence-electron chi connectivity index (χ2n) is 5.65. The number of thioether (sulfide) groups is 1. The molecule has 0 bridgehead atoms. The van der Waals surface area contributed by atoms with Crippen LogP contribution in [0.5, 0.6) is 0 Å². The number of amides is 1. The molecule has 21 heavy (non-hydrogen) atoms. The van der Waals surface area contributed by atoms with E-state index in [0.717, 1.165) is 30.8 Å². The molecule has 1 aliphatic heterocycles. The zero-order valence-corrected chi connectivity index (χ0v) is 13.8. The highest BCUT2D eigenvalue weighted by atomic mass is 32.2. The van der Waals surface area contributed by atoms with Gasteiger partial charge < -0.3 is 10.2 Å². The fraction of sp³-hybridized carbons (Fsp3) is 0.588. The fourth-order valence-corrected chi connectivity index (χ4v) is 3.27. The van der Waals surface area contributed by atoms with Gasteiger partial charge in [0.25, 0.3) is 5.91 Å². The lowest BCUT2D eigenvalue weighted by atomic mass is 10.1. The summed E-state index contributed by atoms with van der Waals surface area (Å²) in [5.74, 6) is 1.01. The van der Waals surface area contributed by atoms with Crippen LogP contribution in [0.25, 0.3) is 0 Å². The van der Waals surface area contributed by atoms with Crippen molar-refractivity contribution in [2.45, 2.75) is 31.4 Å². The van der Waals surface area contributed by atoms with Crippen LogP contribution in [-0.4, -0.2) is 43.2 Å². The minimum absolute atomic E-state index is 0.0524. The van der Waals surface area contributed by atoms with Gasteiger partial charge in [-0.25, -0.2) is 0 Å². The number of hydrogen-bond acceptors (Lipinski definition) is 3. The molecule has 0 aliphatic carbocycles. The molecule has 0 spiro atoms. The molecule has 1 N–H and O–H groups in total. The van der Waals surface area contributed by atoms with Gasteiger partial charge in [0.05, 0.1) is 0 Å². The number of carbonyl (C=O) groups excluding carboxylic acids is 1. The number of piperidine rings is 1. The molecule has 3 nitrogen and oxygen atoms in total. The number of rotatable bonds is 7. The highest BCUT2D eigenvalue weighted by Gasteiger charge is 2.10. The van der Waals surface area contributed by atoms with Crippen molar-refractivity contribution < 1.29 is 4.79 Å². The van der Waals surface area contributed by atoms with Crippen LogP contribution in [0.4, 0.5) is 0 Å². The molecule has 116 valence electrons. The monoisotopic (exact) mass is 306 g/mol. The normalized spacial score (nSPS) is 15.9. The minimum atomic E-state index is 0.0524. The topological polar surface area (TPSA) is 32.3 Å². The van der Waals surface area contributed by atoms with Crippen LogP contribution in [-0.2, 0) is 5.75 Å². The second-order valence-corrected chi connectivity index (χ2v) is 6.51. The molecule has 2 rings (SSSR count). The number of benzene rings is 1. The summed E-state index contributed by atoms with van der Waals surface area (Å²) in [6.45, 7) is 4.32. The molecule has 0 aromatic heterocycles. The molecule has 1 aromatic rings. The maximum absolute atomic E-state index is 12.1. The first-order chi connectivity index (χ1) is 10.3. The first-order valence-electron chi connectivity index (χ1n) is 7.88. The third kappa shape index (κ3) is 5.71. The molecule has 1 fully saturated rings. The summed E-state index contributed by atoms with van der Waals surface area (Å²) in [7, 11) is 0. The average Bonchev–Trinajstić information content (AvgIpc) is 2.53. The van der Waals surface area contributed by atoms with Crippen LogP contribution in [0.3, 0.4) is 0 Å². The number of hydrogen-bond donors (Lipinski definition) is 1. The van der Waals surface area contributed by atoms with Crippen molar-refractivity contribution in [3.05, 3.63) is 35.4 Å². The van der Waals surface area contributed by atoms with E-state index in [1.807, 2.05) is 18.2 Å². The summed E-state index contributed by atoms with van der Waals surface area (Å²) < 4.78 is 0. The van der Waals surface area contributed by atoms with E-state index in [0.29, 0.717) is 0 Å². The van der Waals surface area contributed by atoms with Crippen LogP contribution < -0.4 is 5.32 Å². The standard InChI is InChI=1S/C17H26N2OS/c1-21-14-15-7-5-8-16(13-15)17(20)18-9-6-12-19-10-3-2-4-11-19/h5,7-8,13H,2-4,6,9-12,14H2,1H3,(H,18,20). The van der Waals surface area contributed by atoms with E-state index in [4.69, 9.17) is 0 Å². The number of nitrogens with zero attached hydrogens (tertiary/aromatic N) is 1. The van der Waals surface area contributed by atoms with Gasteiger partial charge in [-0.3, -0.25) is 4.79 Å². The first kappa shape index (κ1) is 16.4. The fourth-order valence-electron chi connectivity index (χ4n) is 2.76. The lowest BCUT2D eigenvalue weighted by Crippen LogP contribution is -2.33. The Morgan fingerprint density at radius 2 is 2.10 bits per heavy atom. The highest BCUT2D eigenvalue weighted by Crippen LogP contribution is 2.11. The van der Waals surface area contributed by atoms with E-state index >= 15 is 0 Å². The molecular formula is C17H26N2OS. The molecule has 1 amide bonds. The molecule has 1 aliphatic rings. The third-order valence-electron chi connectivity index (χ3n) is 3.89. The Morgan fingerprint density at radius 1 is 1.29 bits per heavy atom. The molecule has 4 heteroatoms. The Bertz CT molecular complexity index is 444. The third-order valence-corrected chi connectivity index (χ3v) is 4.51. The van der Waals surface area contributed by atoms with Crippen molar-refractivity contribution in [2.75, 3.05) is 32.4 Å². The molecule has 1 heterocycles. The van der Waals surface area contributed by atoms with Crippen molar-refractivity contribution in [1.29, 1.82) is 0 Å². The predicted octanol–water partition coefficient (Wildman–Crippen LogP) is 3.16. The lowest BCUT2D eigenvalue weighted by Gasteiger charge is -2.26. The highest BCUT2D eigenvalue weighted by molar-refractivity contribution is 7.97. The van der Waals surface area contributed by atoms with Crippen molar-refractivity contribution in [3.8, 4) is 0 Å². The summed E-state index contributed by atoms with van der Waals surface area (Å²) >= 11 is 1.78. The van der Waals surface area contributed by atoms with Gasteiger partial charge in [-0.15, -0.1) is 0 Å². The van der Waals surface area contributed by atoms with Gasteiger partial charge in [-0.05, 0) is 62.8 Å². The van der Waals surface area contributed by atoms with Gasteiger partial charge in [0, 0.05) is 17.9 Å². The molecule has 0 saturated carbocycles. The van der Waals surface area contributed by atoms with Gasteiger partial charge in [0.2, 0.25) is 0 Å². The summed E-state index contributed by atoms with van der Waals surface area (Å²) in [6, 6.07) is 7.93. The van der Waals surface area contributed by atoms with E-state index in [1.54, 1.807) is 11.8 Å². The van der Waals surface area contributed by atoms with Crippen LogP contribution in [0, 0.1) is 0 Å². The van der Waals surface area contributed by atoms with Gasteiger partial charge in [0.15, 0.2) is 0 Å². The average molecular weight is 306 g/mol. The smallest absolute Gasteiger partial charge is 0.251 e. The van der Waals surface area contributed by atoms with E-state index in [9.17, 15) is 4.79 Å². The van der Waals surface area contributed by atoms with E-state index < -0.39 is 0 Å². The van der Waals surface area contributed by atoms with Crippen LogP contribution in [0.1, 0.15) is 41.6 Å². The Balaban J connectivity index is 1.70. The van der Waals surface area contributed by atoms with Crippen molar-refractivity contribution in [3.63, 3.8) is 0 Å². The van der Waals surface area contributed by atoms with Crippen molar-refractivity contribution >= 4 is 17.7 Å². The SMILES string of the molecule is CSCc1cccc(C(=O)NCCCN2CCCCC2)c1. The predicted molar refractivity (Wildman–Crippen MR) is 90.9 cm³/mol. The van der Waals surface area contributed by atoms with Gasteiger partial charge in [-0.1, -0.05) is 18.6 Å². The summed E-state index contributed by atoms with van der Waals surface area (Å²) in [4.78, 5) is 14.6. The van der Waals surface area contributed by atoms with E-state index in [2.05, 4.69) is 22.5 Å². The van der Waals surface area contributed by atoms with Gasteiger partial charge in [0.1, 0.15) is 0 Å². The van der Waals surface area contributed by atoms with Crippen molar-refractivity contribution in [1.82, 2.24) is 10.2 Å². The van der Waals surface area contributed by atoms with Gasteiger partial charge in [-0.2, -0.15) is 11.8 Å². The zero-order chi connectivity index (χ0) is 14.9. The van der Waals surface area contributed by atoms with Crippen LogP contribution in [0.15, 0.2) is 24.3 Å². The molecule has 1 saturated heterocycles. The molecule has 1 aromatic carbocycles. The number of carbonyl (C=O) groups is 1. The Hall–Kier alpha value is -1.00. The van der Waals surface area contributed by atoms with Crippen LogP contribution in [0.2, 0.25) is 0 Å². The Morgan fingerprint density at radius 3 is 2.86 bits per heavy atom. The van der Waals surface area contributed by atoms with E-state index in [1.165, 1.54) is 37.9 Å². The largest absolute Gasteiger partial charge is 0.352 e. The Kier molecular flexibility index (Phi) is 7.10. The quantitative estimate of drug-likeness (QED) is 0.785. The summed E-state index contributed by atoms with van der Waals surface area (Å²) in [5, 5.41) is 3.04. The number of likely N-dealkylation sites (tertiary alicyclic amines) is 1. The second kappa shape index (κ2) is 9.11. The molecular weight excluding hydrogens is 280 g/mol. The molecule has 0 unspecified atom stereocenters. The minimum Gasteiger partial charge on any atom is -0.352 e. The maximum Gasteiger partial charge on any atom is 0.251 e. The lowest BCUT2D eigenvalue weighted by molar-refractivity contribution is 0.0951. The molecule has 0 atom stereocenters. The summed E-state index contributed by atoms with van der Waals surface area (Å²) in [6.07, 6.45) is 7.15. The maximum atomic E-state index is 12.1. The van der Waals surface area contributed by atoms with E-state index in [-0.39, 0.29) is 5.91 Å². The number of nitrogens with one attached hydrogen (secondary N) is 1. The zero-order valence-electron chi connectivity index (χ0n) is 12.9. The first-order valence-corrected chi connectivity index (χ1v) is 9.27. The summed E-state index contributed by atoms with van der Waals surface area (Å²) in [5.41, 5.74) is 1.99. The Labute approximate surface area is 132 Å². The molecule has 0 radical (unpaired) electrons. The van der Waals surface area contributed by atoms with Gasteiger partial charge >= 0.3 is 0 Å². The van der Waals surface area contributed by atoms with Crippen molar-refractivity contribution in [2.24, 2.45) is 0 Å².